The van der Waals surface area contributed by atoms with Gasteiger partial charge in [-0.2, -0.15) is 0 Å². The molecule has 2 aromatic rings. The molecule has 0 radical (unpaired) electrons. The van der Waals surface area contributed by atoms with E-state index in [1.54, 1.807) is 0 Å². The van der Waals surface area contributed by atoms with Crippen molar-refractivity contribution in [1.82, 2.24) is 0 Å². The number of carboxylic acid groups (broad SMARTS) is 1. The minimum Gasteiger partial charge on any atom is -0.481 e. The molecule has 2 atom stereocenters. The fraction of sp³-hybridized carbons (Fsp3) is 0.316. The Hall–Kier alpha value is -2.49. The summed E-state index contributed by atoms with van der Waals surface area (Å²) in [7, 11) is 0. The maximum absolute atomic E-state index is 11.4. The summed E-state index contributed by atoms with van der Waals surface area (Å²) in [4.78, 5) is 15.9. The average molecular weight is 310 g/mol. The van der Waals surface area contributed by atoms with Crippen LogP contribution in [0.25, 0.3) is 0 Å². The highest BCUT2D eigenvalue weighted by molar-refractivity contribution is 5.69. The first-order valence-electron chi connectivity index (χ1n) is 8.02. The van der Waals surface area contributed by atoms with E-state index in [-0.39, 0.29) is 18.5 Å². The highest BCUT2D eigenvalue weighted by Crippen LogP contribution is 2.29. The van der Waals surface area contributed by atoms with E-state index in [4.69, 9.17) is 0 Å². The van der Waals surface area contributed by atoms with Crippen molar-refractivity contribution in [2.75, 3.05) is 22.9 Å². The van der Waals surface area contributed by atoms with Crippen molar-refractivity contribution in [2.45, 2.75) is 25.4 Å². The van der Waals surface area contributed by atoms with Gasteiger partial charge in [-0.1, -0.05) is 36.4 Å². The Balaban J connectivity index is 1.89. The number of para-hydroxylation sites is 2. The van der Waals surface area contributed by atoms with Crippen molar-refractivity contribution >= 4 is 17.3 Å². The molecule has 23 heavy (non-hydrogen) atoms. The van der Waals surface area contributed by atoms with E-state index in [0.29, 0.717) is 0 Å². The molecule has 0 saturated carbocycles. The lowest BCUT2D eigenvalue weighted by molar-refractivity contribution is -0.137. The summed E-state index contributed by atoms with van der Waals surface area (Å²) >= 11 is 0. The number of carboxylic acids is 1. The van der Waals surface area contributed by atoms with Gasteiger partial charge in [0.25, 0.3) is 0 Å². The third kappa shape index (κ3) is 3.31. The molecule has 4 nitrogen and oxygen atoms in total. The Kier molecular flexibility index (Phi) is 4.51. The highest BCUT2D eigenvalue weighted by Gasteiger charge is 2.35. The summed E-state index contributed by atoms with van der Waals surface area (Å²) in [5.41, 5.74) is 2.25. The standard InChI is InChI=1S/C19H22N2O2/c1-15-18(14-19(22)23)21(17-10-6-3-7-11-17)13-12-20(15)16-8-4-2-5-9-16/h2-11,15,18H,12-14H2,1H3,(H,22,23)/t15-,18-/m1/s1. The van der Waals surface area contributed by atoms with E-state index >= 15 is 0 Å². The monoisotopic (exact) mass is 310 g/mol. The summed E-state index contributed by atoms with van der Waals surface area (Å²) in [5.74, 6) is -0.752. The van der Waals surface area contributed by atoms with Gasteiger partial charge in [0.1, 0.15) is 0 Å². The Morgan fingerprint density at radius 2 is 1.43 bits per heavy atom. The molecular formula is C19H22N2O2. The first-order valence-corrected chi connectivity index (χ1v) is 8.02. The third-order valence-corrected chi connectivity index (χ3v) is 4.59. The van der Waals surface area contributed by atoms with E-state index in [2.05, 4.69) is 41.0 Å². The second-order valence-electron chi connectivity index (χ2n) is 5.96. The molecule has 0 aliphatic carbocycles. The lowest BCUT2D eigenvalue weighted by atomic mass is 9.97. The van der Waals surface area contributed by atoms with Gasteiger partial charge < -0.3 is 14.9 Å². The number of hydrogen-bond acceptors (Lipinski definition) is 3. The molecule has 120 valence electrons. The number of piperazine rings is 1. The van der Waals surface area contributed by atoms with Gasteiger partial charge in [0.15, 0.2) is 0 Å². The molecule has 1 fully saturated rings. The summed E-state index contributed by atoms with van der Waals surface area (Å²) in [5, 5.41) is 9.36. The van der Waals surface area contributed by atoms with Gasteiger partial charge in [0.2, 0.25) is 0 Å². The van der Waals surface area contributed by atoms with E-state index in [1.807, 2.05) is 36.4 Å². The van der Waals surface area contributed by atoms with Crippen molar-refractivity contribution in [1.29, 1.82) is 0 Å². The van der Waals surface area contributed by atoms with E-state index in [0.717, 1.165) is 24.5 Å². The smallest absolute Gasteiger partial charge is 0.305 e. The lowest BCUT2D eigenvalue weighted by Crippen LogP contribution is -2.59. The number of carbonyl (C=O) groups is 1. The van der Waals surface area contributed by atoms with E-state index in [1.165, 1.54) is 0 Å². The number of rotatable bonds is 4. The summed E-state index contributed by atoms with van der Waals surface area (Å²) in [6, 6.07) is 20.4. The maximum atomic E-state index is 11.4. The van der Waals surface area contributed by atoms with Crippen LogP contribution in [-0.2, 0) is 4.79 Å². The van der Waals surface area contributed by atoms with E-state index in [9.17, 15) is 9.90 Å². The molecule has 0 bridgehead atoms. The molecular weight excluding hydrogens is 288 g/mol. The Morgan fingerprint density at radius 3 is 1.96 bits per heavy atom. The minimum absolute atomic E-state index is 0.0520. The number of anilines is 2. The molecule has 4 heteroatoms. The molecule has 1 heterocycles. The third-order valence-electron chi connectivity index (χ3n) is 4.59. The predicted octanol–water partition coefficient (Wildman–Crippen LogP) is 3.25. The highest BCUT2D eigenvalue weighted by atomic mass is 16.4. The lowest BCUT2D eigenvalue weighted by Gasteiger charge is -2.48. The first-order chi connectivity index (χ1) is 11.2. The molecule has 2 aromatic carbocycles. The van der Waals surface area contributed by atoms with Gasteiger partial charge in [-0.05, 0) is 31.2 Å². The van der Waals surface area contributed by atoms with Crippen LogP contribution in [0.1, 0.15) is 13.3 Å². The Labute approximate surface area is 137 Å². The average Bonchev–Trinajstić information content (AvgIpc) is 2.58. The summed E-state index contributed by atoms with van der Waals surface area (Å²) in [6.45, 7) is 3.83. The maximum Gasteiger partial charge on any atom is 0.305 e. The van der Waals surface area contributed by atoms with Crippen LogP contribution in [-0.4, -0.2) is 36.2 Å². The van der Waals surface area contributed by atoms with Gasteiger partial charge in [-0.15, -0.1) is 0 Å². The topological polar surface area (TPSA) is 43.8 Å². The van der Waals surface area contributed by atoms with Crippen molar-refractivity contribution in [3.05, 3.63) is 60.7 Å². The number of aliphatic carboxylic acids is 1. The van der Waals surface area contributed by atoms with Crippen LogP contribution in [0.15, 0.2) is 60.7 Å². The minimum atomic E-state index is -0.752. The molecule has 3 rings (SSSR count). The van der Waals surface area contributed by atoms with Crippen LogP contribution in [0, 0.1) is 0 Å². The predicted molar refractivity (Wildman–Crippen MR) is 93.1 cm³/mol. The number of benzene rings is 2. The molecule has 0 amide bonds. The molecule has 0 spiro atoms. The normalized spacial score (nSPS) is 21.3. The molecule has 1 aliphatic rings. The molecule has 1 saturated heterocycles. The number of nitrogens with zero attached hydrogens (tertiary/aromatic N) is 2. The number of hydrogen-bond donors (Lipinski definition) is 1. The SMILES string of the molecule is C[C@@H]1[C@@H](CC(=O)O)N(c2ccccc2)CCN1c1ccccc1. The molecule has 0 aromatic heterocycles. The van der Waals surface area contributed by atoms with Gasteiger partial charge in [0, 0.05) is 30.5 Å². The zero-order valence-electron chi connectivity index (χ0n) is 13.3. The molecule has 0 unspecified atom stereocenters. The largest absolute Gasteiger partial charge is 0.481 e. The summed E-state index contributed by atoms with van der Waals surface area (Å²) in [6.07, 6.45) is 0.138. The van der Waals surface area contributed by atoms with Crippen LogP contribution in [0.2, 0.25) is 0 Å². The second-order valence-corrected chi connectivity index (χ2v) is 5.96. The van der Waals surface area contributed by atoms with Crippen LogP contribution in [0.5, 0.6) is 0 Å². The Morgan fingerprint density at radius 1 is 0.957 bits per heavy atom. The van der Waals surface area contributed by atoms with Gasteiger partial charge in [0.05, 0.1) is 12.5 Å². The Bertz CT molecular complexity index is 645. The van der Waals surface area contributed by atoms with Crippen molar-refractivity contribution in [2.24, 2.45) is 0 Å². The van der Waals surface area contributed by atoms with Gasteiger partial charge >= 0.3 is 5.97 Å². The quantitative estimate of drug-likeness (QED) is 0.941. The van der Waals surface area contributed by atoms with Crippen LogP contribution in [0.3, 0.4) is 0 Å². The zero-order valence-corrected chi connectivity index (χ0v) is 13.3. The van der Waals surface area contributed by atoms with Crippen LogP contribution < -0.4 is 9.80 Å². The summed E-state index contributed by atoms with van der Waals surface area (Å²) < 4.78 is 0. The van der Waals surface area contributed by atoms with Crippen molar-refractivity contribution in [3.63, 3.8) is 0 Å². The second kappa shape index (κ2) is 6.73. The van der Waals surface area contributed by atoms with Crippen LogP contribution in [0.4, 0.5) is 11.4 Å². The fourth-order valence-corrected chi connectivity index (χ4v) is 3.44. The fourth-order valence-electron chi connectivity index (χ4n) is 3.44. The van der Waals surface area contributed by atoms with Crippen molar-refractivity contribution in [3.8, 4) is 0 Å². The van der Waals surface area contributed by atoms with Gasteiger partial charge in [-0.3, -0.25) is 4.79 Å². The van der Waals surface area contributed by atoms with Gasteiger partial charge in [-0.25, -0.2) is 0 Å². The molecule has 1 N–H and O–H groups in total. The zero-order chi connectivity index (χ0) is 16.2. The molecule has 1 aliphatic heterocycles. The van der Waals surface area contributed by atoms with Crippen molar-refractivity contribution < 1.29 is 9.90 Å². The first kappa shape index (κ1) is 15.4. The van der Waals surface area contributed by atoms with E-state index < -0.39 is 5.97 Å². The van der Waals surface area contributed by atoms with Crippen LogP contribution >= 0.6 is 0 Å².